The topological polar surface area (TPSA) is 74.8 Å². The number of amides is 2. The van der Waals surface area contributed by atoms with Crippen LogP contribution >= 0.6 is 23.2 Å². The van der Waals surface area contributed by atoms with Gasteiger partial charge in [-0.3, -0.25) is 9.59 Å². The number of carbonyl (C=O) groups excluding carboxylic acids is 2. The summed E-state index contributed by atoms with van der Waals surface area (Å²) in [6, 6.07) is 6.07. The fourth-order valence-electron chi connectivity index (χ4n) is 4.35. The number of aromatic nitrogens is 1. The van der Waals surface area contributed by atoms with Crippen LogP contribution in [0.1, 0.15) is 28.8 Å². The lowest BCUT2D eigenvalue weighted by Crippen LogP contribution is -2.49. The molecule has 4 rings (SSSR count). The van der Waals surface area contributed by atoms with Crippen molar-refractivity contribution in [2.45, 2.75) is 12.8 Å². The van der Waals surface area contributed by atoms with Crippen molar-refractivity contribution in [3.8, 4) is 0 Å². The Labute approximate surface area is 201 Å². The van der Waals surface area contributed by atoms with E-state index in [1.807, 2.05) is 11.8 Å². The minimum atomic E-state index is -0.628. The predicted octanol–water partition coefficient (Wildman–Crippen LogP) is 3.36. The van der Waals surface area contributed by atoms with E-state index in [-0.39, 0.29) is 23.3 Å². The molecule has 0 radical (unpaired) electrons. The number of nitrogens with one attached hydrogen (secondary N) is 1. The van der Waals surface area contributed by atoms with Gasteiger partial charge in [0.05, 0.1) is 28.1 Å². The molecule has 0 saturated carbocycles. The number of ether oxygens (including phenoxy) is 1. The number of hydrogen-bond acceptors (Lipinski definition) is 5. The zero-order chi connectivity index (χ0) is 23.5. The van der Waals surface area contributed by atoms with Crippen LogP contribution in [0.4, 0.5) is 10.2 Å². The number of anilines is 1. The molecule has 176 valence electrons. The highest BCUT2D eigenvalue weighted by Gasteiger charge is 2.36. The van der Waals surface area contributed by atoms with Crippen molar-refractivity contribution in [3.05, 3.63) is 57.5 Å². The van der Waals surface area contributed by atoms with Crippen molar-refractivity contribution < 1.29 is 18.7 Å². The summed E-state index contributed by atoms with van der Waals surface area (Å²) in [5.74, 6) is -1.10. The lowest BCUT2D eigenvalue weighted by molar-refractivity contribution is -0.120. The summed E-state index contributed by atoms with van der Waals surface area (Å²) in [4.78, 5) is 33.2. The van der Waals surface area contributed by atoms with Crippen LogP contribution in [0.2, 0.25) is 10.0 Å². The monoisotopic (exact) mass is 494 g/mol. The standard InChI is InChI=1S/C23H25Cl2FN4O3/c1-2-33-13-15-11-28-22(31)20(15)14-3-4-17(19(26)9-14)23(32)30-7-5-29(6-8-30)21-18(25)10-16(24)12-27-21/h3-4,9-10,12,15,20H,2,5-8,11,13H2,1H3,(H,28,31)/t15?,20-/m0/s1. The normalized spacial score (nSPS) is 20.8. The largest absolute Gasteiger partial charge is 0.381 e. The van der Waals surface area contributed by atoms with Crippen LogP contribution < -0.4 is 10.2 Å². The number of pyridine rings is 1. The Morgan fingerprint density at radius 2 is 2.00 bits per heavy atom. The van der Waals surface area contributed by atoms with Gasteiger partial charge in [-0.1, -0.05) is 29.3 Å². The van der Waals surface area contributed by atoms with Gasteiger partial charge in [0.15, 0.2) is 0 Å². The van der Waals surface area contributed by atoms with Gasteiger partial charge in [0.1, 0.15) is 11.6 Å². The fourth-order valence-corrected chi connectivity index (χ4v) is 4.85. The van der Waals surface area contributed by atoms with Gasteiger partial charge < -0.3 is 19.9 Å². The summed E-state index contributed by atoms with van der Waals surface area (Å²) in [6.07, 6.45) is 1.53. The van der Waals surface area contributed by atoms with Crippen LogP contribution in [0.15, 0.2) is 30.5 Å². The Bertz CT molecular complexity index is 1050. The Balaban J connectivity index is 1.43. The number of hydrogen-bond donors (Lipinski definition) is 1. The summed E-state index contributed by atoms with van der Waals surface area (Å²) < 4.78 is 20.5. The lowest BCUT2D eigenvalue weighted by atomic mass is 9.88. The Hall–Kier alpha value is -2.42. The molecular weight excluding hydrogens is 470 g/mol. The van der Waals surface area contributed by atoms with Crippen molar-refractivity contribution in [1.29, 1.82) is 0 Å². The molecule has 2 atom stereocenters. The highest BCUT2D eigenvalue weighted by atomic mass is 35.5. The SMILES string of the molecule is CCOCC1CNC(=O)[C@H]1c1ccc(C(=O)N2CCN(c3ncc(Cl)cc3Cl)CC2)c(F)c1. The zero-order valence-electron chi connectivity index (χ0n) is 18.2. The Morgan fingerprint density at radius 3 is 2.67 bits per heavy atom. The molecule has 3 heterocycles. The molecule has 1 aromatic heterocycles. The van der Waals surface area contributed by atoms with E-state index in [1.165, 1.54) is 18.3 Å². The van der Waals surface area contributed by atoms with Gasteiger partial charge >= 0.3 is 0 Å². The molecule has 0 spiro atoms. The van der Waals surface area contributed by atoms with Crippen molar-refractivity contribution in [3.63, 3.8) is 0 Å². The third-order valence-corrected chi connectivity index (χ3v) is 6.55. The molecule has 2 saturated heterocycles. The van der Waals surface area contributed by atoms with Gasteiger partial charge in [-0.25, -0.2) is 9.37 Å². The lowest BCUT2D eigenvalue weighted by Gasteiger charge is -2.35. The van der Waals surface area contributed by atoms with E-state index < -0.39 is 11.7 Å². The first kappa shape index (κ1) is 23.7. The zero-order valence-corrected chi connectivity index (χ0v) is 19.7. The molecule has 1 N–H and O–H groups in total. The predicted molar refractivity (Wildman–Crippen MR) is 125 cm³/mol. The average Bonchev–Trinajstić information content (AvgIpc) is 3.17. The maximum atomic E-state index is 15.0. The molecule has 0 bridgehead atoms. The van der Waals surface area contributed by atoms with Crippen LogP contribution in [0.5, 0.6) is 0 Å². The molecule has 33 heavy (non-hydrogen) atoms. The number of piperazine rings is 1. The van der Waals surface area contributed by atoms with E-state index in [0.29, 0.717) is 67.4 Å². The van der Waals surface area contributed by atoms with Gasteiger partial charge in [0.25, 0.3) is 5.91 Å². The molecule has 10 heteroatoms. The molecule has 2 aromatic rings. The van der Waals surface area contributed by atoms with Gasteiger partial charge in [0.2, 0.25) is 5.91 Å². The third kappa shape index (κ3) is 5.08. The number of rotatable bonds is 6. The van der Waals surface area contributed by atoms with Crippen LogP contribution in [0.3, 0.4) is 0 Å². The first-order valence-corrected chi connectivity index (χ1v) is 11.6. The first-order valence-electron chi connectivity index (χ1n) is 10.9. The molecule has 0 aliphatic carbocycles. The van der Waals surface area contributed by atoms with Crippen LogP contribution in [-0.2, 0) is 9.53 Å². The van der Waals surface area contributed by atoms with Gasteiger partial charge in [0, 0.05) is 51.4 Å². The van der Waals surface area contributed by atoms with Crippen LogP contribution in [-0.4, -0.2) is 67.6 Å². The summed E-state index contributed by atoms with van der Waals surface area (Å²) in [6.45, 7) is 5.18. The first-order chi connectivity index (χ1) is 15.9. The van der Waals surface area contributed by atoms with E-state index in [9.17, 15) is 14.0 Å². The average molecular weight is 495 g/mol. The van der Waals surface area contributed by atoms with E-state index in [4.69, 9.17) is 27.9 Å². The quantitative estimate of drug-likeness (QED) is 0.666. The van der Waals surface area contributed by atoms with E-state index >= 15 is 0 Å². The second-order valence-corrected chi connectivity index (χ2v) is 8.96. The number of benzene rings is 1. The summed E-state index contributed by atoms with van der Waals surface area (Å²) in [5.41, 5.74) is 0.548. The molecule has 1 aromatic carbocycles. The highest BCUT2D eigenvalue weighted by molar-refractivity contribution is 6.36. The van der Waals surface area contributed by atoms with Crippen molar-refractivity contribution in [2.24, 2.45) is 5.92 Å². The molecule has 1 unspecified atom stereocenters. The third-order valence-electron chi connectivity index (χ3n) is 6.07. The summed E-state index contributed by atoms with van der Waals surface area (Å²) in [5, 5.41) is 3.72. The Morgan fingerprint density at radius 1 is 1.24 bits per heavy atom. The molecular formula is C23H25Cl2FN4O3. The minimum Gasteiger partial charge on any atom is -0.381 e. The molecule has 2 aliphatic heterocycles. The van der Waals surface area contributed by atoms with Gasteiger partial charge in [-0.2, -0.15) is 0 Å². The van der Waals surface area contributed by atoms with E-state index in [0.717, 1.165) is 0 Å². The smallest absolute Gasteiger partial charge is 0.256 e. The van der Waals surface area contributed by atoms with E-state index in [1.54, 1.807) is 17.0 Å². The van der Waals surface area contributed by atoms with Gasteiger partial charge in [-0.15, -0.1) is 0 Å². The molecule has 2 amide bonds. The highest BCUT2D eigenvalue weighted by Crippen LogP contribution is 2.31. The molecule has 2 aliphatic rings. The van der Waals surface area contributed by atoms with Crippen LogP contribution in [0.25, 0.3) is 0 Å². The summed E-state index contributed by atoms with van der Waals surface area (Å²) >= 11 is 12.2. The number of carbonyl (C=O) groups is 2. The maximum Gasteiger partial charge on any atom is 0.256 e. The molecule has 7 nitrogen and oxygen atoms in total. The molecule has 2 fully saturated rings. The summed E-state index contributed by atoms with van der Waals surface area (Å²) in [7, 11) is 0. The number of nitrogens with zero attached hydrogens (tertiary/aromatic N) is 3. The Kier molecular flexibility index (Phi) is 7.36. The number of halogens is 3. The van der Waals surface area contributed by atoms with Crippen molar-refractivity contribution >= 4 is 40.8 Å². The fraction of sp³-hybridized carbons (Fsp3) is 0.435. The van der Waals surface area contributed by atoms with Crippen LogP contribution in [0, 0.1) is 11.7 Å². The minimum absolute atomic E-state index is 0.00499. The second-order valence-electron chi connectivity index (χ2n) is 8.12. The maximum absolute atomic E-state index is 15.0. The van der Waals surface area contributed by atoms with Crippen molar-refractivity contribution in [2.75, 3.05) is 50.8 Å². The van der Waals surface area contributed by atoms with Crippen molar-refractivity contribution in [1.82, 2.24) is 15.2 Å². The van der Waals surface area contributed by atoms with Gasteiger partial charge in [-0.05, 0) is 30.7 Å². The second kappa shape index (κ2) is 10.2. The van der Waals surface area contributed by atoms with E-state index in [2.05, 4.69) is 10.3 Å².